The van der Waals surface area contributed by atoms with Crippen molar-refractivity contribution in [2.24, 2.45) is 0 Å². The van der Waals surface area contributed by atoms with Crippen LogP contribution in [0.5, 0.6) is 0 Å². The maximum absolute atomic E-state index is 9.88. The quantitative estimate of drug-likeness (QED) is 0.464. The van der Waals surface area contributed by atoms with Crippen LogP contribution in [0.25, 0.3) is 0 Å². The molecule has 0 fully saturated rings. The van der Waals surface area contributed by atoms with E-state index >= 15 is 0 Å². The summed E-state index contributed by atoms with van der Waals surface area (Å²) in [5.74, 6) is 0.515. The van der Waals surface area contributed by atoms with Crippen molar-refractivity contribution in [2.75, 3.05) is 12.3 Å². The Kier molecular flexibility index (Phi) is 3.13. The van der Waals surface area contributed by atoms with Gasteiger partial charge in [0.15, 0.2) is 5.95 Å². The molecule has 0 aliphatic rings. The van der Waals surface area contributed by atoms with E-state index in [1.54, 1.807) is 6.20 Å². The number of rotatable bonds is 5. The zero-order valence-electron chi connectivity index (χ0n) is 6.73. The molecule has 66 valence electrons. The minimum absolute atomic E-state index is 0.515. The summed E-state index contributed by atoms with van der Waals surface area (Å²) in [5, 5.41) is 2.58. The first-order valence-corrected chi connectivity index (χ1v) is 3.78. The molecule has 5 heteroatoms. The maximum Gasteiger partial charge on any atom is 0.207 e. The number of nitrogens with zero attached hydrogens (tertiary/aromatic N) is 2. The van der Waals surface area contributed by atoms with E-state index in [0.29, 0.717) is 18.9 Å². The largest absolute Gasteiger partial charge is 0.369 e. The monoisotopic (exact) mass is 168 g/mol. The zero-order chi connectivity index (χ0) is 8.81. The lowest BCUT2D eigenvalue weighted by Gasteiger charge is -2.02. The molecule has 1 heterocycles. The lowest BCUT2D eigenvalue weighted by molar-refractivity contribution is -0.109. The van der Waals surface area contributed by atoms with Crippen LogP contribution in [0.1, 0.15) is 6.42 Å². The number of nitrogens with two attached hydrogens (primary N) is 1. The summed E-state index contributed by atoms with van der Waals surface area (Å²) >= 11 is 0. The average molecular weight is 168 g/mol. The van der Waals surface area contributed by atoms with Gasteiger partial charge in [-0.15, -0.1) is 0 Å². The molecule has 0 saturated carbocycles. The van der Waals surface area contributed by atoms with Crippen molar-refractivity contribution in [1.82, 2.24) is 14.9 Å². The molecule has 1 aromatic rings. The second-order valence-electron chi connectivity index (χ2n) is 2.40. The third-order valence-electron chi connectivity index (χ3n) is 1.55. The topological polar surface area (TPSA) is 72.9 Å². The number of imidazole rings is 1. The number of nitrogen functional groups attached to an aromatic ring is 1. The number of carbonyl (C=O) groups is 1. The van der Waals surface area contributed by atoms with E-state index in [4.69, 9.17) is 5.73 Å². The zero-order valence-corrected chi connectivity index (χ0v) is 6.73. The van der Waals surface area contributed by atoms with E-state index in [0.717, 1.165) is 13.0 Å². The van der Waals surface area contributed by atoms with Crippen LogP contribution in [0.15, 0.2) is 12.4 Å². The molecule has 0 saturated heterocycles. The molecule has 1 aromatic heterocycles. The first kappa shape index (κ1) is 8.58. The van der Waals surface area contributed by atoms with Crippen LogP contribution in [0.4, 0.5) is 5.95 Å². The fourth-order valence-electron chi connectivity index (χ4n) is 0.940. The van der Waals surface area contributed by atoms with E-state index in [1.807, 2.05) is 10.8 Å². The second-order valence-corrected chi connectivity index (χ2v) is 2.40. The summed E-state index contributed by atoms with van der Waals surface area (Å²) in [5.41, 5.74) is 5.52. The van der Waals surface area contributed by atoms with Gasteiger partial charge in [0.05, 0.1) is 0 Å². The van der Waals surface area contributed by atoms with Crippen molar-refractivity contribution in [3.63, 3.8) is 0 Å². The van der Waals surface area contributed by atoms with Crippen LogP contribution in [0.2, 0.25) is 0 Å². The molecule has 0 atom stereocenters. The Hall–Kier alpha value is -1.52. The van der Waals surface area contributed by atoms with Gasteiger partial charge in [-0.25, -0.2) is 4.98 Å². The molecule has 12 heavy (non-hydrogen) atoms. The smallest absolute Gasteiger partial charge is 0.207 e. The summed E-state index contributed by atoms with van der Waals surface area (Å²) in [6.45, 7) is 1.45. The highest BCUT2D eigenvalue weighted by Gasteiger charge is 1.95. The Bertz CT molecular complexity index is 245. The lowest BCUT2D eigenvalue weighted by atomic mass is 10.4. The second kappa shape index (κ2) is 4.38. The first-order chi connectivity index (χ1) is 5.84. The molecule has 1 amide bonds. The number of nitrogens with one attached hydrogen (secondary N) is 1. The third-order valence-corrected chi connectivity index (χ3v) is 1.55. The lowest BCUT2D eigenvalue weighted by Crippen LogP contribution is -2.14. The van der Waals surface area contributed by atoms with E-state index in [2.05, 4.69) is 10.3 Å². The molecule has 1 rings (SSSR count). The predicted molar refractivity (Wildman–Crippen MR) is 45.3 cm³/mol. The molecule has 0 bridgehead atoms. The normalized spacial score (nSPS) is 9.67. The summed E-state index contributed by atoms with van der Waals surface area (Å²) in [6.07, 6.45) is 5.02. The summed E-state index contributed by atoms with van der Waals surface area (Å²) in [4.78, 5) is 13.7. The Morgan fingerprint density at radius 2 is 2.58 bits per heavy atom. The van der Waals surface area contributed by atoms with Crippen molar-refractivity contribution in [3.8, 4) is 0 Å². The molecule has 0 aliphatic heterocycles. The van der Waals surface area contributed by atoms with Gasteiger partial charge in [-0.3, -0.25) is 4.79 Å². The number of hydrogen-bond donors (Lipinski definition) is 2. The van der Waals surface area contributed by atoms with Crippen LogP contribution >= 0.6 is 0 Å². The van der Waals surface area contributed by atoms with Gasteiger partial charge >= 0.3 is 0 Å². The third kappa shape index (κ3) is 2.26. The van der Waals surface area contributed by atoms with Gasteiger partial charge in [-0.2, -0.15) is 0 Å². The highest BCUT2D eigenvalue weighted by molar-refractivity contribution is 5.45. The molecule has 0 unspecified atom stereocenters. The number of carbonyl (C=O) groups excluding carboxylic acids is 1. The average Bonchev–Trinajstić information content (AvgIpc) is 2.46. The summed E-state index contributed by atoms with van der Waals surface area (Å²) < 4.78 is 1.84. The van der Waals surface area contributed by atoms with Gasteiger partial charge in [0.1, 0.15) is 0 Å². The van der Waals surface area contributed by atoms with Crippen LogP contribution in [0, 0.1) is 0 Å². The number of hydrogen-bond acceptors (Lipinski definition) is 3. The molecular formula is C7H12N4O. The van der Waals surface area contributed by atoms with Crippen LogP contribution < -0.4 is 11.1 Å². The molecule has 5 nitrogen and oxygen atoms in total. The molecule has 0 aliphatic carbocycles. The molecule has 0 spiro atoms. The maximum atomic E-state index is 9.88. The highest BCUT2D eigenvalue weighted by atomic mass is 16.1. The van der Waals surface area contributed by atoms with Crippen molar-refractivity contribution in [1.29, 1.82) is 0 Å². The fraction of sp³-hybridized carbons (Fsp3) is 0.429. The molecule has 3 N–H and O–H groups in total. The van der Waals surface area contributed by atoms with Crippen molar-refractivity contribution in [2.45, 2.75) is 13.0 Å². The van der Waals surface area contributed by atoms with Gasteiger partial charge in [-0.1, -0.05) is 0 Å². The standard InChI is InChI=1S/C7H12N4O/c8-7-10-3-5-11(7)4-1-2-9-6-12/h3,5-6H,1-2,4H2,(H2,8,10)(H,9,12). The number of anilines is 1. The van der Waals surface area contributed by atoms with Gasteiger partial charge < -0.3 is 15.6 Å². The minimum atomic E-state index is 0.515. The predicted octanol–water partition coefficient (Wildman–Crippen LogP) is -0.399. The summed E-state index contributed by atoms with van der Waals surface area (Å²) in [6, 6.07) is 0. The van der Waals surface area contributed by atoms with Gasteiger partial charge in [0.25, 0.3) is 0 Å². The Labute approximate surface area is 70.6 Å². The highest BCUT2D eigenvalue weighted by Crippen LogP contribution is 1.98. The van der Waals surface area contributed by atoms with E-state index in [1.165, 1.54) is 0 Å². The molecular weight excluding hydrogens is 156 g/mol. The van der Waals surface area contributed by atoms with Crippen molar-refractivity contribution in [3.05, 3.63) is 12.4 Å². The Morgan fingerprint density at radius 1 is 1.75 bits per heavy atom. The van der Waals surface area contributed by atoms with Crippen LogP contribution in [-0.4, -0.2) is 22.5 Å². The minimum Gasteiger partial charge on any atom is -0.369 e. The Balaban J connectivity index is 2.24. The number of amides is 1. The van der Waals surface area contributed by atoms with E-state index < -0.39 is 0 Å². The first-order valence-electron chi connectivity index (χ1n) is 3.78. The van der Waals surface area contributed by atoms with Crippen LogP contribution in [-0.2, 0) is 11.3 Å². The van der Waals surface area contributed by atoms with Crippen LogP contribution in [0.3, 0.4) is 0 Å². The SMILES string of the molecule is Nc1nccn1CCCNC=O. The van der Waals surface area contributed by atoms with Gasteiger partial charge in [-0.05, 0) is 6.42 Å². The Morgan fingerprint density at radius 3 is 3.17 bits per heavy atom. The van der Waals surface area contributed by atoms with E-state index in [9.17, 15) is 4.79 Å². The number of aromatic nitrogens is 2. The van der Waals surface area contributed by atoms with E-state index in [-0.39, 0.29) is 0 Å². The summed E-state index contributed by atoms with van der Waals surface area (Å²) in [7, 11) is 0. The molecule has 0 aromatic carbocycles. The van der Waals surface area contributed by atoms with Crippen molar-refractivity contribution < 1.29 is 4.79 Å². The molecule has 0 radical (unpaired) electrons. The van der Waals surface area contributed by atoms with Gasteiger partial charge in [0.2, 0.25) is 6.41 Å². The van der Waals surface area contributed by atoms with Crippen molar-refractivity contribution >= 4 is 12.4 Å². The number of aryl methyl sites for hydroxylation is 1. The van der Waals surface area contributed by atoms with Gasteiger partial charge in [0, 0.05) is 25.5 Å². The fourth-order valence-corrected chi connectivity index (χ4v) is 0.940.